The molecule has 0 saturated carbocycles. The van der Waals surface area contributed by atoms with Crippen molar-refractivity contribution in [2.75, 3.05) is 32.8 Å². The van der Waals surface area contributed by atoms with Crippen LogP contribution in [-0.2, 0) is 19.6 Å². The van der Waals surface area contributed by atoms with Gasteiger partial charge in [0.25, 0.3) is 0 Å². The molecule has 28 heavy (non-hydrogen) atoms. The van der Waals surface area contributed by atoms with Crippen LogP contribution in [0, 0.1) is 0 Å². The zero-order valence-electron chi connectivity index (χ0n) is 16.9. The van der Waals surface area contributed by atoms with Crippen molar-refractivity contribution >= 4 is 0 Å². The average Bonchev–Trinajstić information content (AvgIpc) is 3.14. The molecule has 6 heteroatoms. The summed E-state index contributed by atoms with van der Waals surface area (Å²) < 4.78 is 8.19. The molecule has 2 aromatic rings. The van der Waals surface area contributed by atoms with Crippen molar-refractivity contribution in [3.8, 4) is 5.75 Å². The minimum absolute atomic E-state index is 0.513. The quantitative estimate of drug-likeness (QED) is 0.796. The zero-order chi connectivity index (χ0) is 19.3. The van der Waals surface area contributed by atoms with Crippen LogP contribution in [0.15, 0.2) is 30.3 Å². The molecule has 0 aliphatic carbocycles. The predicted molar refractivity (Wildman–Crippen MR) is 109 cm³/mol. The first-order chi connectivity index (χ1) is 13.7. The first-order valence-corrected chi connectivity index (χ1v) is 10.6. The van der Waals surface area contributed by atoms with E-state index in [0.29, 0.717) is 0 Å². The summed E-state index contributed by atoms with van der Waals surface area (Å²) >= 11 is 0. The summed E-state index contributed by atoms with van der Waals surface area (Å²) in [6, 6.07) is 10.4. The average molecular weight is 385 g/mol. The Balaban J connectivity index is 1.34. The Kier molecular flexibility index (Phi) is 6.29. The van der Waals surface area contributed by atoms with Crippen molar-refractivity contribution in [1.82, 2.24) is 19.6 Å². The Labute approximate surface area is 167 Å². The van der Waals surface area contributed by atoms with Gasteiger partial charge in [-0.05, 0) is 45.0 Å². The van der Waals surface area contributed by atoms with Crippen molar-refractivity contribution < 1.29 is 9.84 Å². The molecule has 2 aliphatic heterocycles. The van der Waals surface area contributed by atoms with Crippen molar-refractivity contribution in [1.29, 1.82) is 0 Å². The minimum Gasteiger partial charge on any atom is -0.492 e. The predicted octanol–water partition coefficient (Wildman–Crippen LogP) is 2.82. The van der Waals surface area contributed by atoms with E-state index < -0.39 is 6.10 Å². The van der Waals surface area contributed by atoms with Crippen molar-refractivity contribution in [2.45, 2.75) is 51.9 Å². The monoisotopic (exact) mass is 384 g/mol. The molecular formula is C22H32N4O2. The van der Waals surface area contributed by atoms with E-state index in [0.717, 1.165) is 50.8 Å². The van der Waals surface area contributed by atoms with Crippen molar-refractivity contribution in [3.05, 3.63) is 47.3 Å². The van der Waals surface area contributed by atoms with Gasteiger partial charge >= 0.3 is 0 Å². The number of fused-ring (bicyclic) bond motifs is 1. The number of aliphatic hydroxyl groups excluding tert-OH is 1. The van der Waals surface area contributed by atoms with E-state index in [-0.39, 0.29) is 0 Å². The first-order valence-electron chi connectivity index (χ1n) is 10.6. The van der Waals surface area contributed by atoms with Gasteiger partial charge in [0.05, 0.1) is 24.0 Å². The lowest BCUT2D eigenvalue weighted by molar-refractivity contribution is 0.177. The summed E-state index contributed by atoms with van der Waals surface area (Å²) in [5, 5.41) is 14.3. The molecule has 1 N–H and O–H groups in total. The van der Waals surface area contributed by atoms with Crippen LogP contribution in [0.4, 0.5) is 0 Å². The zero-order valence-corrected chi connectivity index (χ0v) is 16.9. The van der Waals surface area contributed by atoms with Crippen LogP contribution in [0.25, 0.3) is 0 Å². The van der Waals surface area contributed by atoms with Crippen LogP contribution in [0.2, 0.25) is 0 Å². The van der Waals surface area contributed by atoms with Crippen LogP contribution < -0.4 is 4.74 Å². The number of rotatable bonds is 7. The number of nitrogens with zero attached hydrogens (tertiary/aromatic N) is 4. The molecular weight excluding hydrogens is 352 g/mol. The second-order valence-corrected chi connectivity index (χ2v) is 8.03. The van der Waals surface area contributed by atoms with E-state index in [1.165, 1.54) is 43.6 Å². The molecule has 152 valence electrons. The molecule has 1 aromatic heterocycles. The maximum atomic E-state index is 9.78. The van der Waals surface area contributed by atoms with E-state index in [4.69, 9.17) is 4.74 Å². The normalized spacial score (nSPS) is 19.4. The third kappa shape index (κ3) is 4.74. The highest BCUT2D eigenvalue weighted by Gasteiger charge is 2.21. The second-order valence-electron chi connectivity index (χ2n) is 8.03. The first kappa shape index (κ1) is 19.4. The molecule has 6 nitrogen and oxygen atoms in total. The Morgan fingerprint density at radius 1 is 1.07 bits per heavy atom. The topological polar surface area (TPSA) is 53.8 Å². The van der Waals surface area contributed by atoms with E-state index in [9.17, 15) is 5.11 Å². The van der Waals surface area contributed by atoms with Gasteiger partial charge in [0.2, 0.25) is 0 Å². The maximum absolute atomic E-state index is 9.78. The van der Waals surface area contributed by atoms with E-state index in [2.05, 4.69) is 39.2 Å². The molecule has 4 rings (SSSR count). The molecule has 3 heterocycles. The highest BCUT2D eigenvalue weighted by Crippen LogP contribution is 2.24. The summed E-state index contributed by atoms with van der Waals surface area (Å²) in [6.45, 7) is 9.49. The van der Waals surface area contributed by atoms with Gasteiger partial charge in [-0.3, -0.25) is 14.5 Å². The van der Waals surface area contributed by atoms with Crippen LogP contribution in [0.3, 0.4) is 0 Å². The van der Waals surface area contributed by atoms with Gasteiger partial charge in [-0.2, -0.15) is 5.10 Å². The Morgan fingerprint density at radius 2 is 1.89 bits per heavy atom. The standard InChI is InChI=1S/C22H32N4O2/c1-18(27)21-15-20-17-25(11-12-26(20)23-21)16-19-7-3-4-8-22(19)28-14-13-24-9-5-2-6-10-24/h3-4,7-8,15,18,27H,2,5-6,9-14,16-17H2,1H3. The van der Waals surface area contributed by atoms with E-state index in [1.807, 2.05) is 10.7 Å². The van der Waals surface area contributed by atoms with E-state index in [1.54, 1.807) is 6.92 Å². The summed E-state index contributed by atoms with van der Waals surface area (Å²) in [4.78, 5) is 4.94. The number of ether oxygens (including phenoxy) is 1. The molecule has 0 spiro atoms. The second kappa shape index (κ2) is 9.07. The smallest absolute Gasteiger partial charge is 0.123 e. The molecule has 0 amide bonds. The van der Waals surface area contributed by atoms with Crippen molar-refractivity contribution in [3.63, 3.8) is 0 Å². The summed E-state index contributed by atoms with van der Waals surface area (Å²) in [5.41, 5.74) is 3.17. The number of piperidine rings is 1. The Bertz CT molecular complexity index is 768. The fourth-order valence-electron chi connectivity index (χ4n) is 4.17. The van der Waals surface area contributed by atoms with Crippen LogP contribution in [0.1, 0.15) is 49.2 Å². The van der Waals surface area contributed by atoms with Gasteiger partial charge in [-0.1, -0.05) is 24.6 Å². The van der Waals surface area contributed by atoms with Gasteiger partial charge in [-0.15, -0.1) is 0 Å². The third-order valence-corrected chi connectivity index (χ3v) is 5.80. The fraction of sp³-hybridized carbons (Fsp3) is 0.591. The number of hydrogen-bond donors (Lipinski definition) is 1. The largest absolute Gasteiger partial charge is 0.492 e. The number of para-hydroxylation sites is 1. The summed E-state index contributed by atoms with van der Waals surface area (Å²) in [5.74, 6) is 1.00. The molecule has 0 bridgehead atoms. The lowest BCUT2D eigenvalue weighted by Gasteiger charge is -2.28. The number of aromatic nitrogens is 2. The highest BCUT2D eigenvalue weighted by molar-refractivity contribution is 5.33. The highest BCUT2D eigenvalue weighted by atomic mass is 16.5. The lowest BCUT2D eigenvalue weighted by Crippen LogP contribution is -2.34. The molecule has 1 atom stereocenters. The fourth-order valence-corrected chi connectivity index (χ4v) is 4.17. The molecule has 1 fully saturated rings. The lowest BCUT2D eigenvalue weighted by atomic mass is 10.1. The molecule has 2 aliphatic rings. The van der Waals surface area contributed by atoms with Crippen LogP contribution in [-0.4, -0.2) is 57.5 Å². The number of likely N-dealkylation sites (tertiary alicyclic amines) is 1. The van der Waals surface area contributed by atoms with Crippen LogP contribution >= 0.6 is 0 Å². The third-order valence-electron chi connectivity index (χ3n) is 5.80. The molecule has 1 saturated heterocycles. The SMILES string of the molecule is CC(O)c1cc2n(n1)CCN(Cc1ccccc1OCCN1CCCCC1)C2. The van der Waals surface area contributed by atoms with Crippen LogP contribution in [0.5, 0.6) is 5.75 Å². The Hall–Kier alpha value is -1.89. The molecule has 1 aromatic carbocycles. The van der Waals surface area contributed by atoms with Gasteiger partial charge in [0, 0.05) is 31.7 Å². The maximum Gasteiger partial charge on any atom is 0.123 e. The van der Waals surface area contributed by atoms with Crippen molar-refractivity contribution in [2.24, 2.45) is 0 Å². The molecule has 0 radical (unpaired) electrons. The number of aliphatic hydroxyl groups is 1. The minimum atomic E-state index is -0.513. The molecule has 1 unspecified atom stereocenters. The van der Waals surface area contributed by atoms with Gasteiger partial charge in [-0.25, -0.2) is 0 Å². The number of hydrogen-bond acceptors (Lipinski definition) is 5. The van der Waals surface area contributed by atoms with Gasteiger partial charge in [0.1, 0.15) is 12.4 Å². The Morgan fingerprint density at radius 3 is 2.71 bits per heavy atom. The number of benzene rings is 1. The summed E-state index contributed by atoms with van der Waals surface area (Å²) in [6.07, 6.45) is 3.49. The van der Waals surface area contributed by atoms with Gasteiger partial charge in [0.15, 0.2) is 0 Å². The van der Waals surface area contributed by atoms with E-state index >= 15 is 0 Å². The summed E-state index contributed by atoms with van der Waals surface area (Å²) in [7, 11) is 0. The van der Waals surface area contributed by atoms with Gasteiger partial charge < -0.3 is 9.84 Å².